The maximum absolute atomic E-state index is 9.84. The minimum Gasteiger partial charge on any atom is -0.396 e. The number of carbonyl (C=O) groups is 1. The number of aliphatic hydroxyl groups is 1. The van der Waals surface area contributed by atoms with Gasteiger partial charge in [0, 0.05) is 34.1 Å². The van der Waals surface area contributed by atoms with Crippen LogP contribution in [0.3, 0.4) is 0 Å². The molecule has 0 spiro atoms. The van der Waals surface area contributed by atoms with Gasteiger partial charge in [-0.1, -0.05) is 71.6 Å². The SMILES string of the molecule is CCCCCCCC=O.CCCCCCCCO.[Pt]. The van der Waals surface area contributed by atoms with Gasteiger partial charge in [-0.25, -0.2) is 0 Å². The maximum Gasteiger partial charge on any atom is 0.119 e. The molecule has 0 atom stereocenters. The van der Waals surface area contributed by atoms with E-state index in [0.29, 0.717) is 6.61 Å². The molecule has 0 radical (unpaired) electrons. The Bertz CT molecular complexity index is 135. The minimum absolute atomic E-state index is 0. The molecule has 0 rings (SSSR count). The summed E-state index contributed by atoms with van der Waals surface area (Å²) in [5.74, 6) is 0. The summed E-state index contributed by atoms with van der Waals surface area (Å²) in [7, 11) is 0. The molecule has 0 unspecified atom stereocenters. The van der Waals surface area contributed by atoms with Crippen LogP contribution in [0.25, 0.3) is 0 Å². The van der Waals surface area contributed by atoms with Gasteiger partial charge in [0.15, 0.2) is 0 Å². The van der Waals surface area contributed by atoms with Crippen LogP contribution in [0.4, 0.5) is 0 Å². The van der Waals surface area contributed by atoms with Crippen LogP contribution in [0, 0.1) is 0 Å². The molecule has 0 aliphatic carbocycles. The quantitative estimate of drug-likeness (QED) is 0.338. The fourth-order valence-electron chi connectivity index (χ4n) is 1.72. The van der Waals surface area contributed by atoms with E-state index in [-0.39, 0.29) is 21.1 Å². The second-order valence-corrected chi connectivity index (χ2v) is 4.86. The van der Waals surface area contributed by atoms with Crippen LogP contribution < -0.4 is 0 Å². The molecular weight excluding hydrogens is 419 g/mol. The first kappa shape index (κ1) is 24.3. The molecule has 0 bridgehead atoms. The predicted molar refractivity (Wildman–Crippen MR) is 79.9 cm³/mol. The second-order valence-electron chi connectivity index (χ2n) is 4.86. The summed E-state index contributed by atoms with van der Waals surface area (Å²) >= 11 is 0. The molecule has 0 aromatic heterocycles. The van der Waals surface area contributed by atoms with E-state index in [4.69, 9.17) is 5.11 Å². The summed E-state index contributed by atoms with van der Waals surface area (Å²) in [4.78, 5) is 9.84. The monoisotopic (exact) mass is 453 g/mol. The van der Waals surface area contributed by atoms with Gasteiger partial charge in [-0.3, -0.25) is 0 Å². The van der Waals surface area contributed by atoms with E-state index in [2.05, 4.69) is 13.8 Å². The molecule has 120 valence electrons. The van der Waals surface area contributed by atoms with Gasteiger partial charge >= 0.3 is 0 Å². The van der Waals surface area contributed by atoms with Gasteiger partial charge in [0.2, 0.25) is 0 Å². The van der Waals surface area contributed by atoms with Crippen LogP contribution in [0.5, 0.6) is 0 Å². The molecule has 0 aromatic carbocycles. The number of aldehydes is 1. The van der Waals surface area contributed by atoms with E-state index in [1.807, 2.05) is 0 Å². The Labute approximate surface area is 135 Å². The third kappa shape index (κ3) is 32.1. The van der Waals surface area contributed by atoms with Crippen molar-refractivity contribution in [3.8, 4) is 0 Å². The molecular formula is C16H34O2Pt. The van der Waals surface area contributed by atoms with E-state index in [0.717, 1.165) is 25.5 Å². The smallest absolute Gasteiger partial charge is 0.119 e. The maximum atomic E-state index is 9.84. The Morgan fingerprint density at radius 1 is 0.737 bits per heavy atom. The zero-order chi connectivity index (χ0) is 13.9. The third-order valence-corrected chi connectivity index (χ3v) is 2.94. The summed E-state index contributed by atoms with van der Waals surface area (Å²) in [5, 5.41) is 8.42. The first-order chi connectivity index (χ1) is 8.83. The molecule has 0 heterocycles. The first-order valence-corrected chi connectivity index (χ1v) is 7.87. The Hall–Kier alpha value is 0.318. The van der Waals surface area contributed by atoms with Crippen molar-refractivity contribution in [1.82, 2.24) is 0 Å². The number of hydrogen-bond donors (Lipinski definition) is 1. The van der Waals surface area contributed by atoms with Crippen molar-refractivity contribution in [2.75, 3.05) is 6.61 Å². The normalized spacial score (nSPS) is 9.21. The van der Waals surface area contributed by atoms with E-state index < -0.39 is 0 Å². The zero-order valence-corrected chi connectivity index (χ0v) is 15.2. The average molecular weight is 454 g/mol. The van der Waals surface area contributed by atoms with E-state index in [1.54, 1.807) is 0 Å². The van der Waals surface area contributed by atoms with Crippen LogP contribution in [-0.4, -0.2) is 18.0 Å². The molecule has 19 heavy (non-hydrogen) atoms. The van der Waals surface area contributed by atoms with Gasteiger partial charge in [0.25, 0.3) is 0 Å². The fraction of sp³-hybridized carbons (Fsp3) is 0.938. The van der Waals surface area contributed by atoms with Crippen LogP contribution in [-0.2, 0) is 25.9 Å². The van der Waals surface area contributed by atoms with Gasteiger partial charge in [-0.2, -0.15) is 0 Å². The number of unbranched alkanes of at least 4 members (excludes halogenated alkanes) is 10. The van der Waals surface area contributed by atoms with E-state index >= 15 is 0 Å². The Balaban J connectivity index is -0.000000256. The molecule has 0 aliphatic rings. The zero-order valence-electron chi connectivity index (χ0n) is 12.9. The number of carbonyl (C=O) groups excluding carboxylic acids is 1. The summed E-state index contributed by atoms with van der Waals surface area (Å²) in [6.07, 6.45) is 15.5. The van der Waals surface area contributed by atoms with Crippen LogP contribution in [0.2, 0.25) is 0 Å². The Morgan fingerprint density at radius 3 is 1.58 bits per heavy atom. The Morgan fingerprint density at radius 2 is 1.16 bits per heavy atom. The predicted octanol–water partition coefficient (Wildman–Crippen LogP) is 4.88. The molecule has 0 aliphatic heterocycles. The number of hydrogen-bond acceptors (Lipinski definition) is 2. The third-order valence-electron chi connectivity index (χ3n) is 2.94. The number of aliphatic hydroxyl groups excluding tert-OH is 1. The van der Waals surface area contributed by atoms with Crippen molar-refractivity contribution in [2.24, 2.45) is 0 Å². The second kappa shape index (κ2) is 26.8. The molecule has 0 aromatic rings. The standard InChI is InChI=1S/C8H18O.C8H16O.Pt/c2*1-2-3-4-5-6-7-8-9;/h9H,2-8H2,1H3;8H,2-7H2,1H3;. The van der Waals surface area contributed by atoms with Crippen molar-refractivity contribution >= 4 is 6.29 Å². The van der Waals surface area contributed by atoms with Crippen molar-refractivity contribution in [1.29, 1.82) is 0 Å². The van der Waals surface area contributed by atoms with Crippen LogP contribution >= 0.6 is 0 Å². The molecule has 0 amide bonds. The van der Waals surface area contributed by atoms with Crippen molar-refractivity contribution in [3.63, 3.8) is 0 Å². The van der Waals surface area contributed by atoms with Crippen molar-refractivity contribution < 1.29 is 31.0 Å². The average Bonchev–Trinajstić information content (AvgIpc) is 2.39. The topological polar surface area (TPSA) is 37.3 Å². The summed E-state index contributed by atoms with van der Waals surface area (Å²) in [6.45, 7) is 4.78. The number of rotatable bonds is 12. The molecule has 0 fully saturated rings. The molecule has 0 saturated carbocycles. The van der Waals surface area contributed by atoms with Gasteiger partial charge in [-0.05, 0) is 12.8 Å². The van der Waals surface area contributed by atoms with Crippen LogP contribution in [0.1, 0.15) is 90.9 Å². The van der Waals surface area contributed by atoms with Crippen molar-refractivity contribution in [3.05, 3.63) is 0 Å². The van der Waals surface area contributed by atoms with Crippen molar-refractivity contribution in [2.45, 2.75) is 90.9 Å². The summed E-state index contributed by atoms with van der Waals surface area (Å²) < 4.78 is 0. The van der Waals surface area contributed by atoms with Gasteiger partial charge in [0.05, 0.1) is 0 Å². The molecule has 0 saturated heterocycles. The molecule has 2 nitrogen and oxygen atoms in total. The molecule has 1 N–H and O–H groups in total. The minimum atomic E-state index is 0. The fourth-order valence-corrected chi connectivity index (χ4v) is 1.72. The first-order valence-electron chi connectivity index (χ1n) is 7.87. The largest absolute Gasteiger partial charge is 0.396 e. The summed E-state index contributed by atoms with van der Waals surface area (Å²) in [5.41, 5.74) is 0. The van der Waals surface area contributed by atoms with E-state index in [1.165, 1.54) is 57.8 Å². The van der Waals surface area contributed by atoms with Gasteiger partial charge in [0.1, 0.15) is 6.29 Å². The van der Waals surface area contributed by atoms with Gasteiger partial charge < -0.3 is 9.90 Å². The summed E-state index contributed by atoms with van der Waals surface area (Å²) in [6, 6.07) is 0. The Kier molecular flexibility index (Phi) is 34.3. The molecule has 3 heteroatoms. The van der Waals surface area contributed by atoms with Crippen LogP contribution in [0.15, 0.2) is 0 Å². The van der Waals surface area contributed by atoms with Gasteiger partial charge in [-0.15, -0.1) is 0 Å². The van der Waals surface area contributed by atoms with E-state index in [9.17, 15) is 4.79 Å².